The number of carbonyl (C=O) groups is 1. The molecular weight excluding hydrogens is 350 g/mol. The van der Waals surface area contributed by atoms with E-state index < -0.39 is 0 Å². The van der Waals surface area contributed by atoms with Crippen LogP contribution >= 0.6 is 0 Å². The monoisotopic (exact) mass is 383 g/mol. The molecule has 3 rings (SSSR count). The quantitative estimate of drug-likeness (QED) is 0.724. The number of benzene rings is 1. The Bertz CT molecular complexity index is 839. The molecule has 0 radical (unpaired) electrons. The van der Waals surface area contributed by atoms with Crippen molar-refractivity contribution >= 4 is 5.91 Å². The number of aryl methyl sites for hydroxylation is 1. The Balaban J connectivity index is 1.63. The van der Waals surface area contributed by atoms with E-state index in [1.54, 1.807) is 0 Å². The van der Waals surface area contributed by atoms with Crippen molar-refractivity contribution in [2.75, 3.05) is 13.2 Å². The molecule has 0 bridgehead atoms. The molecule has 0 spiro atoms. The number of ether oxygens (including phenoxy) is 1. The van der Waals surface area contributed by atoms with Crippen LogP contribution in [0, 0.1) is 19.8 Å². The first-order valence-electron chi connectivity index (χ1n) is 10.4. The van der Waals surface area contributed by atoms with Crippen molar-refractivity contribution in [3.05, 3.63) is 46.3 Å². The molecule has 5 nitrogen and oxygen atoms in total. The van der Waals surface area contributed by atoms with Gasteiger partial charge in [0.1, 0.15) is 5.75 Å². The van der Waals surface area contributed by atoms with Gasteiger partial charge in [-0.15, -0.1) is 0 Å². The number of fused-ring (bicyclic) bond motifs is 1. The Labute approximate surface area is 168 Å². The van der Waals surface area contributed by atoms with Gasteiger partial charge in [-0.3, -0.25) is 9.48 Å². The summed E-state index contributed by atoms with van der Waals surface area (Å²) in [7, 11) is 0. The molecule has 0 saturated carbocycles. The highest BCUT2D eigenvalue weighted by molar-refractivity contribution is 5.77. The molecule has 2 heterocycles. The van der Waals surface area contributed by atoms with E-state index in [9.17, 15) is 4.79 Å². The van der Waals surface area contributed by atoms with Crippen LogP contribution in [0.1, 0.15) is 55.3 Å². The predicted octanol–water partition coefficient (Wildman–Crippen LogP) is 4.07. The minimum Gasteiger partial charge on any atom is -0.494 e. The summed E-state index contributed by atoms with van der Waals surface area (Å²) in [6.45, 7) is 13.6. The Morgan fingerprint density at radius 3 is 2.75 bits per heavy atom. The van der Waals surface area contributed by atoms with E-state index in [4.69, 9.17) is 4.74 Å². The fourth-order valence-electron chi connectivity index (χ4n) is 4.01. The zero-order chi connectivity index (χ0) is 20.3. The molecule has 1 aromatic carbocycles. The Hall–Kier alpha value is -2.30. The molecule has 0 atom stereocenters. The van der Waals surface area contributed by atoms with Gasteiger partial charge in [0.15, 0.2) is 0 Å². The van der Waals surface area contributed by atoms with Gasteiger partial charge in [0.05, 0.1) is 12.3 Å². The van der Waals surface area contributed by atoms with Crippen LogP contribution in [0.25, 0.3) is 0 Å². The topological polar surface area (TPSA) is 47.4 Å². The van der Waals surface area contributed by atoms with Crippen molar-refractivity contribution in [2.24, 2.45) is 5.92 Å². The number of nitrogens with zero attached hydrogens (tertiary/aromatic N) is 3. The molecule has 5 heteroatoms. The molecule has 0 unspecified atom stereocenters. The highest BCUT2D eigenvalue weighted by atomic mass is 16.5. The van der Waals surface area contributed by atoms with Gasteiger partial charge < -0.3 is 9.64 Å². The molecule has 1 aliphatic rings. The highest BCUT2D eigenvalue weighted by Gasteiger charge is 2.22. The Morgan fingerprint density at radius 1 is 1.25 bits per heavy atom. The molecular formula is C23H33N3O2. The van der Waals surface area contributed by atoms with Gasteiger partial charge in [-0.2, -0.15) is 5.10 Å². The minimum absolute atomic E-state index is 0.225. The third-order valence-corrected chi connectivity index (χ3v) is 5.51. The van der Waals surface area contributed by atoms with Crippen LogP contribution in [0.4, 0.5) is 0 Å². The van der Waals surface area contributed by atoms with Crippen LogP contribution in [0.3, 0.4) is 0 Å². The Morgan fingerprint density at radius 2 is 2.04 bits per heavy atom. The molecule has 0 fully saturated rings. The number of aromatic nitrogens is 2. The molecule has 0 aliphatic carbocycles. The van der Waals surface area contributed by atoms with Crippen molar-refractivity contribution < 1.29 is 9.53 Å². The molecule has 0 saturated heterocycles. The van der Waals surface area contributed by atoms with E-state index >= 15 is 0 Å². The summed E-state index contributed by atoms with van der Waals surface area (Å²) in [6.07, 6.45) is 2.21. The second-order valence-electron chi connectivity index (χ2n) is 8.15. The molecule has 1 amide bonds. The molecule has 28 heavy (non-hydrogen) atoms. The van der Waals surface area contributed by atoms with Crippen LogP contribution in [-0.4, -0.2) is 33.7 Å². The lowest BCUT2D eigenvalue weighted by molar-refractivity contribution is -0.132. The van der Waals surface area contributed by atoms with Crippen molar-refractivity contribution in [3.63, 3.8) is 0 Å². The normalized spacial score (nSPS) is 13.7. The van der Waals surface area contributed by atoms with Crippen LogP contribution in [0.5, 0.6) is 5.75 Å². The second-order valence-corrected chi connectivity index (χ2v) is 8.15. The number of hydrogen-bond acceptors (Lipinski definition) is 3. The average molecular weight is 384 g/mol. The zero-order valence-corrected chi connectivity index (χ0v) is 17.9. The van der Waals surface area contributed by atoms with Gasteiger partial charge in [-0.05, 0) is 68.4 Å². The SMILES string of the molecule is CCOc1ccc2c(c1)CN(C(=O)CCc1c(C)nn(CC(C)C)c1C)CC2. The lowest BCUT2D eigenvalue weighted by Gasteiger charge is -2.29. The van der Waals surface area contributed by atoms with E-state index in [1.807, 2.05) is 17.9 Å². The summed E-state index contributed by atoms with van der Waals surface area (Å²) in [5, 5.41) is 4.68. The van der Waals surface area contributed by atoms with Gasteiger partial charge >= 0.3 is 0 Å². The number of rotatable bonds is 7. The van der Waals surface area contributed by atoms with E-state index in [-0.39, 0.29) is 5.91 Å². The summed E-state index contributed by atoms with van der Waals surface area (Å²) < 4.78 is 7.71. The number of hydrogen-bond donors (Lipinski definition) is 0. The third kappa shape index (κ3) is 4.57. The maximum Gasteiger partial charge on any atom is 0.223 e. The second kappa shape index (κ2) is 8.80. The van der Waals surface area contributed by atoms with E-state index in [0.29, 0.717) is 25.5 Å². The maximum absolute atomic E-state index is 12.9. The maximum atomic E-state index is 12.9. The summed E-state index contributed by atoms with van der Waals surface area (Å²) in [4.78, 5) is 14.9. The lowest BCUT2D eigenvalue weighted by atomic mass is 9.98. The van der Waals surface area contributed by atoms with E-state index in [0.717, 1.165) is 37.4 Å². The summed E-state index contributed by atoms with van der Waals surface area (Å²) >= 11 is 0. The predicted molar refractivity (Wildman–Crippen MR) is 112 cm³/mol. The van der Waals surface area contributed by atoms with Crippen LogP contribution < -0.4 is 4.74 Å². The minimum atomic E-state index is 0.225. The fourth-order valence-corrected chi connectivity index (χ4v) is 4.01. The van der Waals surface area contributed by atoms with Crippen molar-refractivity contribution in [1.82, 2.24) is 14.7 Å². The van der Waals surface area contributed by atoms with E-state index in [2.05, 4.69) is 49.6 Å². The summed E-state index contributed by atoms with van der Waals surface area (Å²) in [5.74, 6) is 1.67. The van der Waals surface area contributed by atoms with Crippen molar-refractivity contribution in [2.45, 2.75) is 67.0 Å². The number of carbonyl (C=O) groups excluding carboxylic acids is 1. The highest BCUT2D eigenvalue weighted by Crippen LogP contribution is 2.25. The van der Waals surface area contributed by atoms with Gasteiger partial charge in [-0.1, -0.05) is 19.9 Å². The molecule has 1 aliphatic heterocycles. The van der Waals surface area contributed by atoms with Gasteiger partial charge in [0, 0.05) is 31.7 Å². The van der Waals surface area contributed by atoms with E-state index in [1.165, 1.54) is 22.4 Å². The molecule has 152 valence electrons. The van der Waals surface area contributed by atoms with Crippen molar-refractivity contribution in [3.8, 4) is 5.75 Å². The first kappa shape index (κ1) is 20.4. The molecule has 0 N–H and O–H groups in total. The third-order valence-electron chi connectivity index (χ3n) is 5.51. The van der Waals surface area contributed by atoms with Gasteiger partial charge in [0.2, 0.25) is 5.91 Å². The largest absolute Gasteiger partial charge is 0.494 e. The van der Waals surface area contributed by atoms with Gasteiger partial charge in [0.25, 0.3) is 0 Å². The summed E-state index contributed by atoms with van der Waals surface area (Å²) in [5.41, 5.74) is 6.02. The lowest BCUT2D eigenvalue weighted by Crippen LogP contribution is -2.36. The van der Waals surface area contributed by atoms with Crippen LogP contribution in [-0.2, 0) is 30.7 Å². The van der Waals surface area contributed by atoms with Crippen molar-refractivity contribution in [1.29, 1.82) is 0 Å². The zero-order valence-electron chi connectivity index (χ0n) is 17.9. The van der Waals surface area contributed by atoms with Crippen LogP contribution in [0.15, 0.2) is 18.2 Å². The molecule has 2 aromatic rings. The average Bonchev–Trinajstić information content (AvgIpc) is 2.92. The summed E-state index contributed by atoms with van der Waals surface area (Å²) in [6, 6.07) is 6.25. The van der Waals surface area contributed by atoms with Crippen LogP contribution in [0.2, 0.25) is 0 Å². The molecule has 1 aromatic heterocycles. The Kier molecular flexibility index (Phi) is 6.42. The standard InChI is InChI=1S/C23H33N3O2/c1-6-28-21-8-7-19-11-12-25(15-20(19)13-21)23(27)10-9-22-17(4)24-26(18(22)5)14-16(2)3/h7-8,13,16H,6,9-12,14-15H2,1-5H3. The number of amides is 1. The first-order chi connectivity index (χ1) is 13.4. The fraction of sp³-hybridized carbons (Fsp3) is 0.565. The first-order valence-corrected chi connectivity index (χ1v) is 10.4. The van der Waals surface area contributed by atoms with Gasteiger partial charge in [-0.25, -0.2) is 0 Å². The smallest absolute Gasteiger partial charge is 0.223 e.